The van der Waals surface area contributed by atoms with E-state index in [2.05, 4.69) is 21.3 Å². The van der Waals surface area contributed by atoms with Gasteiger partial charge < -0.3 is 31.7 Å². The molecule has 0 spiro atoms. The number of imide groups is 1. The second-order valence-corrected chi connectivity index (χ2v) is 12.8. The fourth-order valence-electron chi connectivity index (χ4n) is 4.61. The number of benzene rings is 1. The van der Waals surface area contributed by atoms with Gasteiger partial charge in [-0.3, -0.25) is 33.7 Å². The highest BCUT2D eigenvalue weighted by molar-refractivity contribution is 6.12. The number of esters is 1. The van der Waals surface area contributed by atoms with Crippen molar-refractivity contribution in [2.45, 2.75) is 98.3 Å². The lowest BCUT2D eigenvalue weighted by molar-refractivity contribution is -0.155. The monoisotopic (exact) mass is 670 g/mol. The average molecular weight is 671 g/mol. The standard InChI is InChI=1S/C34H50N6O8/c1-6-34(4,5)32(46)48-21-23-13-15-24(16-14-23)37-30(44)25(11-10-19-36-33(35)47)38-31(45)29(22(2)3)39-26(41)12-8-7-9-20-40-27(42)17-18-28(40)43/h13-18,22,25,29H,6-12,19-21H2,1-5H3,(H,37,44)(H,38,45)(H,39,41)(H3,35,36,47)/t25?,29-/m0/s1. The Morgan fingerprint density at radius 2 is 1.54 bits per heavy atom. The Kier molecular flexibility index (Phi) is 15.7. The largest absolute Gasteiger partial charge is 0.460 e. The normalized spacial score (nSPS) is 14.0. The summed E-state index contributed by atoms with van der Waals surface area (Å²) in [5.41, 5.74) is 5.75. The topological polar surface area (TPSA) is 206 Å². The van der Waals surface area contributed by atoms with Gasteiger partial charge in [0.15, 0.2) is 0 Å². The molecular weight excluding hydrogens is 620 g/mol. The predicted molar refractivity (Wildman–Crippen MR) is 179 cm³/mol. The summed E-state index contributed by atoms with van der Waals surface area (Å²) in [6.45, 7) is 9.65. The van der Waals surface area contributed by atoms with Crippen LogP contribution < -0.4 is 27.0 Å². The minimum Gasteiger partial charge on any atom is -0.460 e. The molecule has 1 aromatic carbocycles. The van der Waals surface area contributed by atoms with Gasteiger partial charge in [0.05, 0.1) is 5.41 Å². The zero-order chi connectivity index (χ0) is 35.9. The van der Waals surface area contributed by atoms with Gasteiger partial charge in [-0.05, 0) is 69.6 Å². The van der Waals surface area contributed by atoms with Crippen LogP contribution in [0.5, 0.6) is 0 Å². The number of nitrogens with two attached hydrogens (primary N) is 1. The summed E-state index contributed by atoms with van der Waals surface area (Å²) in [5.74, 6) is -2.65. The quantitative estimate of drug-likeness (QED) is 0.0790. The summed E-state index contributed by atoms with van der Waals surface area (Å²) < 4.78 is 5.42. The van der Waals surface area contributed by atoms with Gasteiger partial charge in [0.25, 0.3) is 11.8 Å². The molecule has 0 fully saturated rings. The molecule has 48 heavy (non-hydrogen) atoms. The first kappa shape index (κ1) is 39.4. The van der Waals surface area contributed by atoms with E-state index in [-0.39, 0.29) is 62.1 Å². The van der Waals surface area contributed by atoms with Crippen LogP contribution in [0.3, 0.4) is 0 Å². The molecular formula is C34H50N6O8. The van der Waals surface area contributed by atoms with Crippen molar-refractivity contribution >= 4 is 47.2 Å². The number of hydrogen-bond donors (Lipinski definition) is 5. The Labute approximate surface area is 281 Å². The highest BCUT2D eigenvalue weighted by atomic mass is 16.5. The van der Waals surface area contributed by atoms with E-state index in [0.29, 0.717) is 37.8 Å². The highest BCUT2D eigenvalue weighted by Crippen LogP contribution is 2.22. The first-order valence-electron chi connectivity index (χ1n) is 16.4. The van der Waals surface area contributed by atoms with Crippen molar-refractivity contribution in [2.24, 2.45) is 17.1 Å². The van der Waals surface area contributed by atoms with Crippen LogP contribution in [-0.4, -0.2) is 71.6 Å². The van der Waals surface area contributed by atoms with Crippen LogP contribution in [0.4, 0.5) is 10.5 Å². The van der Waals surface area contributed by atoms with Gasteiger partial charge in [-0.15, -0.1) is 0 Å². The molecule has 0 aliphatic carbocycles. The van der Waals surface area contributed by atoms with E-state index in [9.17, 15) is 33.6 Å². The molecule has 2 rings (SSSR count). The van der Waals surface area contributed by atoms with Crippen molar-refractivity contribution in [3.8, 4) is 0 Å². The first-order valence-corrected chi connectivity index (χ1v) is 16.4. The van der Waals surface area contributed by atoms with E-state index in [4.69, 9.17) is 10.5 Å². The molecule has 6 N–H and O–H groups in total. The molecule has 1 aromatic rings. The third-order valence-corrected chi connectivity index (χ3v) is 8.08. The fourth-order valence-corrected chi connectivity index (χ4v) is 4.61. The van der Waals surface area contributed by atoms with E-state index in [1.165, 1.54) is 12.2 Å². The number of amides is 7. The van der Waals surface area contributed by atoms with Crippen LogP contribution in [-0.2, 0) is 40.1 Å². The summed E-state index contributed by atoms with van der Waals surface area (Å²) in [4.78, 5) is 87.3. The lowest BCUT2D eigenvalue weighted by Crippen LogP contribution is -2.54. The van der Waals surface area contributed by atoms with Gasteiger partial charge in [0, 0.05) is 37.3 Å². The highest BCUT2D eigenvalue weighted by Gasteiger charge is 2.29. The van der Waals surface area contributed by atoms with Crippen molar-refractivity contribution in [1.82, 2.24) is 20.9 Å². The van der Waals surface area contributed by atoms with Gasteiger partial charge in [0.1, 0.15) is 18.7 Å². The van der Waals surface area contributed by atoms with Gasteiger partial charge >= 0.3 is 12.0 Å². The molecule has 1 aliphatic rings. The number of carbonyl (C=O) groups is 7. The molecule has 7 amide bonds. The van der Waals surface area contributed by atoms with Crippen molar-refractivity contribution < 1.29 is 38.3 Å². The maximum Gasteiger partial charge on any atom is 0.312 e. The Morgan fingerprint density at radius 3 is 2.12 bits per heavy atom. The van der Waals surface area contributed by atoms with Crippen LogP contribution >= 0.6 is 0 Å². The second kappa shape index (κ2) is 19.2. The summed E-state index contributed by atoms with van der Waals surface area (Å²) in [6.07, 6.45) is 5.41. The van der Waals surface area contributed by atoms with Gasteiger partial charge in [-0.25, -0.2) is 4.79 Å². The lowest BCUT2D eigenvalue weighted by Gasteiger charge is -2.25. The maximum absolute atomic E-state index is 13.4. The van der Waals surface area contributed by atoms with Crippen LogP contribution in [0.2, 0.25) is 0 Å². The third-order valence-electron chi connectivity index (χ3n) is 8.08. The predicted octanol–water partition coefficient (Wildman–Crippen LogP) is 2.66. The van der Waals surface area contributed by atoms with Gasteiger partial charge in [0.2, 0.25) is 17.7 Å². The number of nitrogens with zero attached hydrogens (tertiary/aromatic N) is 1. The van der Waals surface area contributed by atoms with Crippen LogP contribution in [0, 0.1) is 11.3 Å². The summed E-state index contributed by atoms with van der Waals surface area (Å²) in [7, 11) is 0. The van der Waals surface area contributed by atoms with Crippen molar-refractivity contribution in [1.29, 1.82) is 0 Å². The number of anilines is 1. The number of ether oxygens (including phenoxy) is 1. The molecule has 0 bridgehead atoms. The number of carbonyl (C=O) groups excluding carboxylic acids is 7. The third kappa shape index (κ3) is 13.2. The molecule has 1 unspecified atom stereocenters. The molecule has 264 valence electrons. The first-order chi connectivity index (χ1) is 22.6. The minimum absolute atomic E-state index is 0.0860. The number of rotatable bonds is 20. The van der Waals surface area contributed by atoms with E-state index in [1.54, 1.807) is 38.1 Å². The number of nitrogens with one attached hydrogen (secondary N) is 4. The zero-order valence-electron chi connectivity index (χ0n) is 28.6. The Hall–Kier alpha value is -4.75. The molecule has 14 heteroatoms. The van der Waals surface area contributed by atoms with Gasteiger partial charge in [-0.2, -0.15) is 0 Å². The van der Waals surface area contributed by atoms with Crippen molar-refractivity contribution in [3.05, 3.63) is 42.0 Å². The van der Waals surface area contributed by atoms with Crippen molar-refractivity contribution in [2.75, 3.05) is 18.4 Å². The summed E-state index contributed by atoms with van der Waals surface area (Å²) in [6, 6.07) is 4.15. The summed E-state index contributed by atoms with van der Waals surface area (Å²) in [5, 5.41) is 10.8. The minimum atomic E-state index is -0.993. The summed E-state index contributed by atoms with van der Waals surface area (Å²) >= 11 is 0. The molecule has 14 nitrogen and oxygen atoms in total. The number of hydrogen-bond acceptors (Lipinski definition) is 8. The molecule has 1 aliphatic heterocycles. The Balaban J connectivity index is 1.96. The van der Waals surface area contributed by atoms with E-state index in [0.717, 1.165) is 10.5 Å². The van der Waals surface area contributed by atoms with Crippen LogP contribution in [0.25, 0.3) is 0 Å². The van der Waals surface area contributed by atoms with Crippen LogP contribution in [0.1, 0.15) is 85.1 Å². The number of primary amides is 1. The maximum atomic E-state index is 13.4. The zero-order valence-corrected chi connectivity index (χ0v) is 28.6. The molecule has 0 radical (unpaired) electrons. The average Bonchev–Trinajstić information content (AvgIpc) is 3.36. The van der Waals surface area contributed by atoms with E-state index in [1.807, 2.05) is 20.8 Å². The van der Waals surface area contributed by atoms with Crippen molar-refractivity contribution in [3.63, 3.8) is 0 Å². The smallest absolute Gasteiger partial charge is 0.312 e. The molecule has 2 atom stereocenters. The fraction of sp³-hybridized carbons (Fsp3) is 0.559. The Bertz CT molecular complexity index is 1320. The van der Waals surface area contributed by atoms with E-state index < -0.39 is 35.3 Å². The number of urea groups is 1. The molecule has 0 saturated heterocycles. The Morgan fingerprint density at radius 1 is 0.896 bits per heavy atom. The second-order valence-electron chi connectivity index (χ2n) is 12.8. The van der Waals surface area contributed by atoms with Crippen LogP contribution in [0.15, 0.2) is 36.4 Å². The molecule has 0 aromatic heterocycles. The molecule has 0 saturated carbocycles. The SMILES string of the molecule is CCC(C)(C)C(=O)OCc1ccc(NC(=O)C(CCCNC(N)=O)NC(=O)[C@@H](NC(=O)CCCCCN2C(=O)C=CC2=O)C(C)C)cc1. The van der Waals surface area contributed by atoms with Gasteiger partial charge in [-0.1, -0.05) is 39.3 Å². The number of unbranched alkanes of at least 4 members (excludes halogenated alkanes) is 2. The van der Waals surface area contributed by atoms with E-state index >= 15 is 0 Å². The molecule has 1 heterocycles. The lowest BCUT2D eigenvalue weighted by atomic mass is 9.91.